The number of aromatic nitrogens is 1. The van der Waals surface area contributed by atoms with Gasteiger partial charge >= 0.3 is 0 Å². The quantitative estimate of drug-likeness (QED) is 0.795. The number of aromatic amines is 1. The number of pyridine rings is 1. The highest BCUT2D eigenvalue weighted by Gasteiger charge is 2.35. The maximum atomic E-state index is 12.8. The molecule has 8 heteroatoms. The molecule has 2 heterocycles. The van der Waals surface area contributed by atoms with E-state index >= 15 is 0 Å². The number of amides is 1. The Morgan fingerprint density at radius 1 is 1.25 bits per heavy atom. The number of rotatable bonds is 5. The van der Waals surface area contributed by atoms with Crippen molar-refractivity contribution in [3.05, 3.63) is 40.2 Å². The molecule has 150 valence electrons. The molecule has 1 aliphatic heterocycles. The monoisotopic (exact) mass is 403 g/mol. The van der Waals surface area contributed by atoms with Gasteiger partial charge in [-0.2, -0.15) is 0 Å². The Kier molecular flexibility index (Phi) is 5.01. The summed E-state index contributed by atoms with van der Waals surface area (Å²) in [6.07, 6.45) is 3.79. The molecule has 2 N–H and O–H groups in total. The van der Waals surface area contributed by atoms with Crippen molar-refractivity contribution in [2.75, 3.05) is 19.6 Å². The molecule has 1 aromatic carbocycles. The minimum Gasteiger partial charge on any atom is -0.342 e. The molecule has 2 aliphatic rings. The van der Waals surface area contributed by atoms with Crippen LogP contribution >= 0.6 is 0 Å². The van der Waals surface area contributed by atoms with Crippen molar-refractivity contribution < 1.29 is 13.2 Å². The van der Waals surface area contributed by atoms with E-state index in [0.717, 1.165) is 37.8 Å². The molecule has 0 radical (unpaired) electrons. The van der Waals surface area contributed by atoms with Crippen molar-refractivity contribution in [2.24, 2.45) is 11.8 Å². The summed E-state index contributed by atoms with van der Waals surface area (Å²) in [5.41, 5.74) is 1.14. The van der Waals surface area contributed by atoms with E-state index in [-0.39, 0.29) is 28.2 Å². The van der Waals surface area contributed by atoms with Crippen LogP contribution in [0.25, 0.3) is 10.9 Å². The Bertz CT molecular complexity index is 1070. The highest BCUT2D eigenvalue weighted by molar-refractivity contribution is 7.89. The number of aryl methyl sites for hydroxylation is 1. The van der Waals surface area contributed by atoms with Gasteiger partial charge < -0.3 is 9.88 Å². The second-order valence-corrected chi connectivity index (χ2v) is 9.71. The van der Waals surface area contributed by atoms with Gasteiger partial charge in [0.1, 0.15) is 0 Å². The number of carbonyl (C=O) groups is 1. The van der Waals surface area contributed by atoms with Crippen molar-refractivity contribution in [1.29, 1.82) is 0 Å². The zero-order chi connectivity index (χ0) is 19.9. The first-order valence-corrected chi connectivity index (χ1v) is 11.2. The van der Waals surface area contributed by atoms with E-state index in [1.54, 1.807) is 19.1 Å². The molecule has 0 bridgehead atoms. The van der Waals surface area contributed by atoms with E-state index in [2.05, 4.69) is 9.71 Å². The highest BCUT2D eigenvalue weighted by atomic mass is 32.2. The van der Waals surface area contributed by atoms with Crippen LogP contribution in [0.2, 0.25) is 0 Å². The molecule has 1 unspecified atom stereocenters. The molecule has 1 aromatic heterocycles. The Morgan fingerprint density at radius 2 is 2.04 bits per heavy atom. The molecule has 28 heavy (non-hydrogen) atoms. The number of hydrogen-bond donors (Lipinski definition) is 2. The van der Waals surface area contributed by atoms with Crippen molar-refractivity contribution in [1.82, 2.24) is 14.6 Å². The largest absolute Gasteiger partial charge is 0.342 e. The Morgan fingerprint density at radius 3 is 2.79 bits per heavy atom. The lowest BCUT2D eigenvalue weighted by atomic mass is 9.98. The molecule has 1 saturated carbocycles. The molecule has 1 saturated heterocycles. The van der Waals surface area contributed by atoms with Crippen LogP contribution in [0, 0.1) is 18.8 Å². The predicted molar refractivity (Wildman–Crippen MR) is 107 cm³/mol. The third kappa shape index (κ3) is 3.98. The fraction of sp³-hybridized carbons (Fsp3) is 0.500. The number of nitrogens with zero attached hydrogens (tertiary/aromatic N) is 1. The van der Waals surface area contributed by atoms with Crippen LogP contribution in [0.4, 0.5) is 0 Å². The smallest absolute Gasteiger partial charge is 0.248 e. The van der Waals surface area contributed by atoms with E-state index in [1.165, 1.54) is 12.1 Å². The first kappa shape index (κ1) is 19.1. The minimum atomic E-state index is -3.67. The third-order valence-corrected chi connectivity index (χ3v) is 7.07. The minimum absolute atomic E-state index is 0.129. The topological polar surface area (TPSA) is 99.3 Å². The molecular weight excluding hydrogens is 378 g/mol. The molecule has 4 rings (SSSR count). The van der Waals surface area contributed by atoms with Crippen molar-refractivity contribution in [3.63, 3.8) is 0 Å². The van der Waals surface area contributed by atoms with E-state index in [1.807, 2.05) is 4.90 Å². The third-order valence-electron chi connectivity index (χ3n) is 5.65. The standard InChI is InChI=1S/C20H25N3O4S/c1-13-9-19(24)22-18-7-6-16(10-17(13)18)28(26,27)21-11-14-3-2-8-23(12-14)20(25)15-4-5-15/h6-7,9-10,14-15,21H,2-5,8,11-12H2,1H3,(H,22,24). The average Bonchev–Trinajstić information content (AvgIpc) is 3.51. The van der Waals surface area contributed by atoms with Gasteiger partial charge in [-0.3, -0.25) is 9.59 Å². The van der Waals surface area contributed by atoms with E-state index in [4.69, 9.17) is 0 Å². The second-order valence-electron chi connectivity index (χ2n) is 7.94. The Balaban J connectivity index is 1.46. The maximum absolute atomic E-state index is 12.8. The van der Waals surface area contributed by atoms with E-state index in [9.17, 15) is 18.0 Å². The summed E-state index contributed by atoms with van der Waals surface area (Å²) in [4.78, 5) is 28.6. The fourth-order valence-corrected chi connectivity index (χ4v) is 5.04. The van der Waals surface area contributed by atoms with Crippen LogP contribution in [0.5, 0.6) is 0 Å². The number of benzene rings is 1. The number of nitrogens with one attached hydrogen (secondary N) is 2. The summed E-state index contributed by atoms with van der Waals surface area (Å²) >= 11 is 0. The zero-order valence-corrected chi connectivity index (χ0v) is 16.7. The number of hydrogen-bond acceptors (Lipinski definition) is 4. The Hall–Kier alpha value is -2.19. The summed E-state index contributed by atoms with van der Waals surface area (Å²) in [6, 6.07) is 6.17. The molecule has 0 spiro atoms. The molecule has 7 nitrogen and oxygen atoms in total. The first-order valence-electron chi connectivity index (χ1n) is 9.75. The van der Waals surface area contributed by atoms with Crippen molar-refractivity contribution in [3.8, 4) is 0 Å². The highest BCUT2D eigenvalue weighted by Crippen LogP contribution is 2.32. The van der Waals surface area contributed by atoms with Gasteiger partial charge in [-0.15, -0.1) is 0 Å². The lowest BCUT2D eigenvalue weighted by molar-refractivity contribution is -0.134. The fourth-order valence-electron chi connectivity index (χ4n) is 3.90. The lowest BCUT2D eigenvalue weighted by Crippen LogP contribution is -2.44. The van der Waals surface area contributed by atoms with Crippen LogP contribution in [-0.2, 0) is 14.8 Å². The number of likely N-dealkylation sites (tertiary alicyclic amines) is 1. The number of sulfonamides is 1. The van der Waals surface area contributed by atoms with E-state index in [0.29, 0.717) is 24.0 Å². The molecule has 2 fully saturated rings. The average molecular weight is 404 g/mol. The summed E-state index contributed by atoms with van der Waals surface area (Å²) < 4.78 is 28.2. The summed E-state index contributed by atoms with van der Waals surface area (Å²) in [7, 11) is -3.67. The van der Waals surface area contributed by atoms with Gasteiger partial charge in [-0.1, -0.05) is 0 Å². The van der Waals surface area contributed by atoms with Gasteiger partial charge in [-0.05, 0) is 62.3 Å². The molecule has 1 aliphatic carbocycles. The van der Waals surface area contributed by atoms with Crippen LogP contribution < -0.4 is 10.3 Å². The zero-order valence-electron chi connectivity index (χ0n) is 15.9. The summed E-state index contributed by atoms with van der Waals surface area (Å²) in [6.45, 7) is 3.50. The molecule has 1 atom stereocenters. The molecule has 1 amide bonds. The van der Waals surface area contributed by atoms with Gasteiger partial charge in [0, 0.05) is 42.5 Å². The molecule has 2 aromatic rings. The van der Waals surface area contributed by atoms with Crippen molar-refractivity contribution in [2.45, 2.75) is 37.5 Å². The predicted octanol–water partition coefficient (Wildman–Crippen LogP) is 1.76. The van der Waals surface area contributed by atoms with Crippen LogP contribution in [-0.4, -0.2) is 43.8 Å². The summed E-state index contributed by atoms with van der Waals surface area (Å²) in [5, 5.41) is 0.710. The van der Waals surface area contributed by atoms with Crippen LogP contribution in [0.3, 0.4) is 0 Å². The van der Waals surface area contributed by atoms with Crippen molar-refractivity contribution >= 4 is 26.8 Å². The molecular formula is C20H25N3O4S. The Labute approximate surface area is 164 Å². The second kappa shape index (κ2) is 7.33. The van der Waals surface area contributed by atoms with Gasteiger partial charge in [0.2, 0.25) is 21.5 Å². The van der Waals surface area contributed by atoms with E-state index < -0.39 is 10.0 Å². The number of fused-ring (bicyclic) bond motifs is 1. The lowest BCUT2D eigenvalue weighted by Gasteiger charge is -2.33. The number of piperidine rings is 1. The number of H-pyrrole nitrogens is 1. The van der Waals surface area contributed by atoms with Gasteiger partial charge in [-0.25, -0.2) is 13.1 Å². The van der Waals surface area contributed by atoms with Crippen LogP contribution in [0.1, 0.15) is 31.2 Å². The van der Waals surface area contributed by atoms with Gasteiger partial charge in [0.05, 0.1) is 4.90 Å². The normalized spacial score (nSPS) is 20.5. The number of carbonyl (C=O) groups excluding carboxylic acids is 1. The van der Waals surface area contributed by atoms with Gasteiger partial charge in [0.25, 0.3) is 0 Å². The first-order chi connectivity index (χ1) is 13.3. The SMILES string of the molecule is Cc1cc(=O)[nH]c2ccc(S(=O)(=O)NCC3CCCN(C(=O)C4CC4)C3)cc12. The van der Waals surface area contributed by atoms with Gasteiger partial charge in [0.15, 0.2) is 0 Å². The summed E-state index contributed by atoms with van der Waals surface area (Å²) in [5.74, 6) is 0.555. The van der Waals surface area contributed by atoms with Crippen LogP contribution in [0.15, 0.2) is 34.0 Å². The maximum Gasteiger partial charge on any atom is 0.248 e.